The van der Waals surface area contributed by atoms with Gasteiger partial charge in [0.05, 0.1) is 31.2 Å². The molecular formula is C25H24F5N9O3. The summed E-state index contributed by atoms with van der Waals surface area (Å²) in [4.78, 5) is 28.4. The summed E-state index contributed by atoms with van der Waals surface area (Å²) in [6.45, 7) is -0.154. The lowest BCUT2D eigenvalue weighted by Crippen LogP contribution is -2.24. The minimum absolute atomic E-state index is 0.0400. The molecule has 4 rings (SSSR count). The molecule has 0 radical (unpaired) electrons. The van der Waals surface area contributed by atoms with Crippen molar-refractivity contribution in [1.29, 1.82) is 0 Å². The number of carbonyl (C=O) groups is 2. The number of aryl methyl sites for hydroxylation is 1. The van der Waals surface area contributed by atoms with Crippen LogP contribution in [0.1, 0.15) is 45.6 Å². The zero-order valence-corrected chi connectivity index (χ0v) is 22.0. The molecule has 1 atom stereocenters. The Morgan fingerprint density at radius 1 is 0.976 bits per heavy atom. The Morgan fingerprint density at radius 3 is 2.33 bits per heavy atom. The Kier molecular flexibility index (Phi) is 9.39. The van der Waals surface area contributed by atoms with Crippen LogP contribution in [0.4, 0.5) is 22.0 Å². The zero-order chi connectivity index (χ0) is 30.3. The van der Waals surface area contributed by atoms with E-state index < -0.39 is 35.7 Å². The van der Waals surface area contributed by atoms with Gasteiger partial charge in [-0.25, -0.2) is 17.9 Å². The summed E-state index contributed by atoms with van der Waals surface area (Å²) in [7, 11) is 0. The molecular weight excluding hydrogens is 569 g/mol. The number of carbonyl (C=O) groups excluding carboxylic acids is 2. The SMILES string of the molecule is CC(F)(F)Oc1ccc(F)c(CNC(=O)c2cn(CCC(F)Cn3cc(C(=O)NCc4ncccc4F)nn3)nn2)c1. The van der Waals surface area contributed by atoms with E-state index in [-0.39, 0.29) is 61.0 Å². The summed E-state index contributed by atoms with van der Waals surface area (Å²) in [5.41, 5.74) is -0.260. The van der Waals surface area contributed by atoms with Crippen molar-refractivity contribution in [2.75, 3.05) is 0 Å². The van der Waals surface area contributed by atoms with Gasteiger partial charge in [-0.05, 0) is 30.3 Å². The second kappa shape index (κ2) is 13.1. The minimum Gasteiger partial charge on any atom is -0.433 e. The molecule has 17 heteroatoms. The summed E-state index contributed by atoms with van der Waals surface area (Å²) in [5, 5.41) is 19.8. The van der Waals surface area contributed by atoms with E-state index >= 15 is 0 Å². The highest BCUT2D eigenvalue weighted by molar-refractivity contribution is 5.92. The van der Waals surface area contributed by atoms with Crippen LogP contribution >= 0.6 is 0 Å². The molecule has 12 nitrogen and oxygen atoms in total. The Hall–Kier alpha value is -4.96. The summed E-state index contributed by atoms with van der Waals surface area (Å²) in [6, 6.07) is 5.65. The van der Waals surface area contributed by atoms with Crippen LogP contribution in [0.5, 0.6) is 5.75 Å². The number of rotatable bonds is 13. The fraction of sp³-hybridized carbons (Fsp3) is 0.320. The van der Waals surface area contributed by atoms with E-state index in [9.17, 15) is 31.5 Å². The van der Waals surface area contributed by atoms with Crippen molar-refractivity contribution >= 4 is 11.8 Å². The molecule has 1 aromatic carbocycles. The fourth-order valence-electron chi connectivity index (χ4n) is 3.60. The van der Waals surface area contributed by atoms with Crippen molar-refractivity contribution < 1.29 is 36.3 Å². The molecule has 2 amide bonds. The van der Waals surface area contributed by atoms with Gasteiger partial charge >= 0.3 is 6.11 Å². The summed E-state index contributed by atoms with van der Waals surface area (Å²) < 4.78 is 75.1. The van der Waals surface area contributed by atoms with E-state index in [1.807, 2.05) is 0 Å². The van der Waals surface area contributed by atoms with Gasteiger partial charge in [0, 0.05) is 38.2 Å². The third kappa shape index (κ3) is 8.52. The first-order chi connectivity index (χ1) is 20.0. The topological polar surface area (TPSA) is 142 Å². The number of aromatic nitrogens is 7. The van der Waals surface area contributed by atoms with Crippen LogP contribution in [0.15, 0.2) is 48.9 Å². The first-order valence-corrected chi connectivity index (χ1v) is 12.4. The molecule has 0 bridgehead atoms. The first-order valence-electron chi connectivity index (χ1n) is 12.4. The van der Waals surface area contributed by atoms with Gasteiger partial charge in [0.25, 0.3) is 11.8 Å². The van der Waals surface area contributed by atoms with Crippen LogP contribution in [0.2, 0.25) is 0 Å². The number of alkyl halides is 3. The van der Waals surface area contributed by atoms with Crippen molar-refractivity contribution in [3.8, 4) is 5.75 Å². The maximum atomic E-state index is 14.6. The van der Waals surface area contributed by atoms with Gasteiger partial charge < -0.3 is 15.4 Å². The Bertz CT molecular complexity index is 1540. The molecule has 0 fully saturated rings. The maximum absolute atomic E-state index is 14.6. The lowest BCUT2D eigenvalue weighted by atomic mass is 10.2. The molecule has 0 aliphatic carbocycles. The van der Waals surface area contributed by atoms with Crippen LogP contribution in [0, 0.1) is 11.6 Å². The second-order valence-corrected chi connectivity index (χ2v) is 9.04. The van der Waals surface area contributed by atoms with Gasteiger partial charge in [-0.3, -0.25) is 19.3 Å². The lowest BCUT2D eigenvalue weighted by molar-refractivity contribution is -0.159. The van der Waals surface area contributed by atoms with Crippen molar-refractivity contribution in [3.05, 3.63) is 83.2 Å². The van der Waals surface area contributed by atoms with Gasteiger partial charge in [-0.2, -0.15) is 8.78 Å². The van der Waals surface area contributed by atoms with E-state index in [1.54, 1.807) is 0 Å². The molecule has 3 aromatic heterocycles. The van der Waals surface area contributed by atoms with Crippen molar-refractivity contribution in [2.24, 2.45) is 0 Å². The van der Waals surface area contributed by atoms with Crippen molar-refractivity contribution in [3.63, 3.8) is 0 Å². The van der Waals surface area contributed by atoms with Crippen LogP contribution in [-0.4, -0.2) is 59.1 Å². The summed E-state index contributed by atoms with van der Waals surface area (Å²) in [5.74, 6) is -2.94. The third-order valence-corrected chi connectivity index (χ3v) is 5.60. The maximum Gasteiger partial charge on any atom is 0.394 e. The van der Waals surface area contributed by atoms with E-state index in [0.717, 1.165) is 22.9 Å². The summed E-state index contributed by atoms with van der Waals surface area (Å²) >= 11 is 0. The minimum atomic E-state index is -3.46. The lowest BCUT2D eigenvalue weighted by Gasteiger charge is -2.14. The van der Waals surface area contributed by atoms with Gasteiger partial charge in [-0.1, -0.05) is 10.4 Å². The first kappa shape index (κ1) is 30.0. The average Bonchev–Trinajstić information content (AvgIpc) is 3.61. The molecule has 4 aromatic rings. The molecule has 0 saturated heterocycles. The average molecular weight is 594 g/mol. The number of pyridine rings is 1. The fourth-order valence-corrected chi connectivity index (χ4v) is 3.60. The summed E-state index contributed by atoms with van der Waals surface area (Å²) in [6.07, 6.45) is -1.05. The number of hydrogen-bond donors (Lipinski definition) is 2. The molecule has 2 N–H and O–H groups in total. The quantitative estimate of drug-likeness (QED) is 0.226. The molecule has 0 saturated carbocycles. The number of ether oxygens (including phenoxy) is 1. The van der Waals surface area contributed by atoms with Crippen LogP contribution in [0.25, 0.3) is 0 Å². The second-order valence-electron chi connectivity index (χ2n) is 9.04. The molecule has 0 aliphatic heterocycles. The highest BCUT2D eigenvalue weighted by Gasteiger charge is 2.24. The number of hydrogen-bond acceptors (Lipinski definition) is 8. The van der Waals surface area contributed by atoms with Crippen LogP contribution in [-0.2, 0) is 26.2 Å². The highest BCUT2D eigenvalue weighted by atomic mass is 19.3. The van der Waals surface area contributed by atoms with E-state index in [2.05, 4.69) is 41.0 Å². The van der Waals surface area contributed by atoms with Gasteiger partial charge in [-0.15, -0.1) is 10.2 Å². The normalized spacial score (nSPS) is 12.1. The number of benzene rings is 1. The Morgan fingerprint density at radius 2 is 1.64 bits per heavy atom. The molecule has 42 heavy (non-hydrogen) atoms. The largest absolute Gasteiger partial charge is 0.433 e. The number of amides is 2. The van der Waals surface area contributed by atoms with Crippen molar-refractivity contribution in [2.45, 2.75) is 51.8 Å². The number of nitrogens with zero attached hydrogens (tertiary/aromatic N) is 7. The molecule has 0 aliphatic rings. The molecule has 3 heterocycles. The Balaban J connectivity index is 1.22. The van der Waals surface area contributed by atoms with Crippen molar-refractivity contribution in [1.82, 2.24) is 45.6 Å². The number of halogens is 5. The van der Waals surface area contributed by atoms with E-state index in [1.165, 1.54) is 35.4 Å². The Labute approximate surface area is 234 Å². The monoisotopic (exact) mass is 593 g/mol. The molecule has 0 spiro atoms. The van der Waals surface area contributed by atoms with Gasteiger partial charge in [0.2, 0.25) is 0 Å². The molecule has 1 unspecified atom stereocenters. The third-order valence-electron chi connectivity index (χ3n) is 5.60. The highest BCUT2D eigenvalue weighted by Crippen LogP contribution is 2.23. The smallest absolute Gasteiger partial charge is 0.394 e. The zero-order valence-electron chi connectivity index (χ0n) is 22.0. The predicted molar refractivity (Wildman–Crippen MR) is 134 cm³/mol. The van der Waals surface area contributed by atoms with E-state index in [4.69, 9.17) is 0 Å². The van der Waals surface area contributed by atoms with Gasteiger partial charge in [0.15, 0.2) is 11.4 Å². The number of nitrogens with one attached hydrogen (secondary N) is 2. The van der Waals surface area contributed by atoms with E-state index in [0.29, 0.717) is 6.92 Å². The van der Waals surface area contributed by atoms with Gasteiger partial charge in [0.1, 0.15) is 23.6 Å². The van der Waals surface area contributed by atoms with Crippen LogP contribution in [0.3, 0.4) is 0 Å². The van der Waals surface area contributed by atoms with Crippen LogP contribution < -0.4 is 15.4 Å². The molecule has 222 valence electrons. The predicted octanol–water partition coefficient (Wildman–Crippen LogP) is 2.82. The standard InChI is InChI=1S/C25H24F5N9O3/c1-25(29,30)42-17-4-5-18(27)15(9-17)10-32-23(40)21-13-38(36-34-21)8-6-16(26)12-39-14-22(35-37-39)24(41)33-11-20-19(28)3-2-7-31-20/h2-5,7,9,13-14,16H,6,8,10-12H2,1H3,(H,32,40)(H,33,41).